The lowest BCUT2D eigenvalue weighted by Gasteiger charge is -2.26. The van der Waals surface area contributed by atoms with E-state index in [1.54, 1.807) is 13.0 Å². The monoisotopic (exact) mass is 475 g/mol. The van der Waals surface area contributed by atoms with E-state index in [1.807, 2.05) is 0 Å². The number of nitrogens with one attached hydrogen (secondary N) is 1. The topological polar surface area (TPSA) is 66.4 Å². The van der Waals surface area contributed by atoms with E-state index in [0.717, 1.165) is 6.92 Å². The lowest BCUT2D eigenvalue weighted by molar-refractivity contribution is -0.178. The quantitative estimate of drug-likeness (QED) is 0.481. The summed E-state index contributed by atoms with van der Waals surface area (Å²) in [5, 5.41) is 12.1. The van der Waals surface area contributed by atoms with Crippen LogP contribution in [0.15, 0.2) is 36.4 Å². The first kappa shape index (κ1) is 25.0. The Morgan fingerprint density at radius 3 is 2.23 bits per heavy atom. The Kier molecular flexibility index (Phi) is 8.00. The van der Waals surface area contributed by atoms with E-state index in [0.29, 0.717) is 16.1 Å². The fourth-order valence-electron chi connectivity index (χ4n) is 3.16. The number of rotatable bonds is 7. The first-order valence-corrected chi connectivity index (χ1v) is 10.2. The van der Waals surface area contributed by atoms with Crippen LogP contribution in [0.4, 0.5) is 18.9 Å². The standard InChI is InChI=1S/C22H22Cl2F3NO3/c1-11-9-15(5-7-16(11)23)19(13(3)22(25,26)27)20(29)28-18-10-14(4-6-17(18)24)8-12(2)21(30)31/h4-7,9-10,12-13,19H,8H2,1-3H3,(H,28,29)(H,30,31)/t12-,13+,19-/m0/s1. The molecule has 0 unspecified atom stereocenters. The zero-order chi connectivity index (χ0) is 23.5. The van der Waals surface area contributed by atoms with Crippen LogP contribution in [0.25, 0.3) is 0 Å². The zero-order valence-electron chi connectivity index (χ0n) is 17.1. The van der Waals surface area contributed by atoms with Gasteiger partial charge < -0.3 is 10.4 Å². The van der Waals surface area contributed by atoms with Crippen molar-refractivity contribution in [2.45, 2.75) is 39.3 Å². The van der Waals surface area contributed by atoms with Crippen LogP contribution in [0.3, 0.4) is 0 Å². The van der Waals surface area contributed by atoms with E-state index in [2.05, 4.69) is 5.32 Å². The largest absolute Gasteiger partial charge is 0.481 e. The summed E-state index contributed by atoms with van der Waals surface area (Å²) >= 11 is 12.1. The highest BCUT2D eigenvalue weighted by Crippen LogP contribution is 2.39. The van der Waals surface area contributed by atoms with Crippen LogP contribution in [0.2, 0.25) is 10.0 Å². The molecule has 9 heteroatoms. The maximum atomic E-state index is 13.5. The number of anilines is 1. The molecule has 0 radical (unpaired) electrons. The van der Waals surface area contributed by atoms with Gasteiger partial charge in [-0.25, -0.2) is 0 Å². The van der Waals surface area contributed by atoms with Crippen LogP contribution in [0, 0.1) is 18.8 Å². The molecule has 0 saturated heterocycles. The molecular weight excluding hydrogens is 454 g/mol. The lowest BCUT2D eigenvalue weighted by Crippen LogP contribution is -2.34. The van der Waals surface area contributed by atoms with Gasteiger partial charge in [-0.1, -0.05) is 55.2 Å². The van der Waals surface area contributed by atoms with Crippen molar-refractivity contribution in [1.82, 2.24) is 0 Å². The summed E-state index contributed by atoms with van der Waals surface area (Å²) in [5.41, 5.74) is 1.43. The van der Waals surface area contributed by atoms with Gasteiger partial charge in [-0.15, -0.1) is 0 Å². The number of aryl methyl sites for hydroxylation is 1. The van der Waals surface area contributed by atoms with Crippen molar-refractivity contribution in [3.63, 3.8) is 0 Å². The average molecular weight is 476 g/mol. The van der Waals surface area contributed by atoms with Gasteiger partial charge in [0, 0.05) is 5.02 Å². The average Bonchev–Trinajstić information content (AvgIpc) is 2.66. The summed E-state index contributed by atoms with van der Waals surface area (Å²) in [5.74, 6) is -6.05. The predicted molar refractivity (Wildman–Crippen MR) is 115 cm³/mol. The van der Waals surface area contributed by atoms with Crippen molar-refractivity contribution < 1.29 is 27.9 Å². The van der Waals surface area contributed by atoms with Gasteiger partial charge in [0.2, 0.25) is 5.91 Å². The summed E-state index contributed by atoms with van der Waals surface area (Å²) in [4.78, 5) is 24.1. The second kappa shape index (κ2) is 9.92. The number of carboxylic acid groups (broad SMARTS) is 1. The smallest absolute Gasteiger partial charge is 0.392 e. The van der Waals surface area contributed by atoms with Gasteiger partial charge in [-0.3, -0.25) is 9.59 Å². The van der Waals surface area contributed by atoms with Crippen LogP contribution < -0.4 is 5.32 Å². The Labute approximate surface area is 188 Å². The van der Waals surface area contributed by atoms with Crippen molar-refractivity contribution in [3.05, 3.63) is 63.1 Å². The van der Waals surface area contributed by atoms with Gasteiger partial charge in [0.1, 0.15) is 0 Å². The molecule has 0 aliphatic rings. The molecule has 0 saturated carbocycles. The third-order valence-electron chi connectivity index (χ3n) is 5.09. The molecule has 168 valence electrons. The highest BCUT2D eigenvalue weighted by atomic mass is 35.5. The molecule has 31 heavy (non-hydrogen) atoms. The molecule has 2 aromatic carbocycles. The van der Waals surface area contributed by atoms with Gasteiger partial charge in [0.25, 0.3) is 0 Å². The SMILES string of the molecule is Cc1cc([C@@H](C(=O)Nc2cc(C[C@H](C)C(=O)O)ccc2Cl)[C@@H](C)C(F)(F)F)ccc1Cl. The number of carbonyl (C=O) groups excluding carboxylic acids is 1. The summed E-state index contributed by atoms with van der Waals surface area (Å²) in [7, 11) is 0. The van der Waals surface area contributed by atoms with Crippen LogP contribution in [0.5, 0.6) is 0 Å². The fraction of sp³-hybridized carbons (Fsp3) is 0.364. The van der Waals surface area contributed by atoms with Gasteiger partial charge in [0.05, 0.1) is 28.5 Å². The molecular formula is C22H22Cl2F3NO3. The summed E-state index contributed by atoms with van der Waals surface area (Å²) in [6.45, 7) is 4.11. The Balaban J connectivity index is 2.39. The molecule has 2 N–H and O–H groups in total. The molecule has 0 fully saturated rings. The van der Waals surface area contributed by atoms with Crippen molar-refractivity contribution >= 4 is 40.8 Å². The van der Waals surface area contributed by atoms with Gasteiger partial charge >= 0.3 is 12.1 Å². The second-order valence-electron chi connectivity index (χ2n) is 7.56. The van der Waals surface area contributed by atoms with E-state index in [4.69, 9.17) is 28.3 Å². The minimum atomic E-state index is -4.61. The minimum Gasteiger partial charge on any atom is -0.481 e. The first-order chi connectivity index (χ1) is 14.3. The zero-order valence-corrected chi connectivity index (χ0v) is 18.6. The highest BCUT2D eigenvalue weighted by Gasteiger charge is 2.45. The maximum Gasteiger partial charge on any atom is 0.392 e. The van der Waals surface area contributed by atoms with E-state index in [-0.39, 0.29) is 22.7 Å². The normalized spacial score (nSPS) is 14.6. The number of amides is 1. The Morgan fingerprint density at radius 2 is 1.68 bits per heavy atom. The maximum absolute atomic E-state index is 13.5. The molecule has 2 aromatic rings. The number of halogens is 5. The molecule has 0 aromatic heterocycles. The number of benzene rings is 2. The predicted octanol–water partition coefficient (Wildman–Crippen LogP) is 6.49. The van der Waals surface area contributed by atoms with E-state index >= 15 is 0 Å². The second-order valence-corrected chi connectivity index (χ2v) is 8.38. The molecule has 1 amide bonds. The number of hydrogen-bond acceptors (Lipinski definition) is 2. The Morgan fingerprint density at radius 1 is 1.06 bits per heavy atom. The third-order valence-corrected chi connectivity index (χ3v) is 5.85. The number of hydrogen-bond donors (Lipinski definition) is 2. The Bertz CT molecular complexity index is 979. The number of aliphatic carboxylic acids is 1. The Hall–Kier alpha value is -2.25. The van der Waals surface area contributed by atoms with E-state index in [9.17, 15) is 22.8 Å². The molecule has 3 atom stereocenters. The van der Waals surface area contributed by atoms with Crippen molar-refractivity contribution in [2.75, 3.05) is 5.32 Å². The van der Waals surface area contributed by atoms with Crippen LogP contribution >= 0.6 is 23.2 Å². The molecule has 0 aliphatic carbocycles. The highest BCUT2D eigenvalue weighted by molar-refractivity contribution is 6.33. The van der Waals surface area contributed by atoms with Crippen LogP contribution in [0.1, 0.15) is 36.5 Å². The molecule has 2 rings (SSSR count). The van der Waals surface area contributed by atoms with Crippen LogP contribution in [-0.4, -0.2) is 23.2 Å². The third kappa shape index (κ3) is 6.37. The molecule has 0 spiro atoms. The van der Waals surface area contributed by atoms with Crippen molar-refractivity contribution in [1.29, 1.82) is 0 Å². The molecule has 0 heterocycles. The van der Waals surface area contributed by atoms with Gasteiger partial charge in [-0.05, 0) is 48.2 Å². The minimum absolute atomic E-state index is 0.117. The van der Waals surface area contributed by atoms with Gasteiger partial charge in [0.15, 0.2) is 0 Å². The summed E-state index contributed by atoms with van der Waals surface area (Å²) in [6.07, 6.45) is -4.44. The number of carboxylic acids is 1. The van der Waals surface area contributed by atoms with Crippen molar-refractivity contribution in [3.8, 4) is 0 Å². The van der Waals surface area contributed by atoms with Crippen LogP contribution in [-0.2, 0) is 16.0 Å². The van der Waals surface area contributed by atoms with E-state index in [1.165, 1.54) is 37.3 Å². The molecule has 0 aliphatic heterocycles. The van der Waals surface area contributed by atoms with E-state index < -0.39 is 35.8 Å². The van der Waals surface area contributed by atoms with Gasteiger partial charge in [-0.2, -0.15) is 13.2 Å². The fourth-order valence-corrected chi connectivity index (χ4v) is 3.45. The number of alkyl halides is 3. The first-order valence-electron chi connectivity index (χ1n) is 9.46. The summed E-state index contributed by atoms with van der Waals surface area (Å²) < 4.78 is 40.6. The molecule has 0 bridgehead atoms. The molecule has 4 nitrogen and oxygen atoms in total. The summed E-state index contributed by atoms with van der Waals surface area (Å²) in [6, 6.07) is 8.86. The lowest BCUT2D eigenvalue weighted by atomic mass is 9.85. The van der Waals surface area contributed by atoms with Crippen molar-refractivity contribution in [2.24, 2.45) is 11.8 Å². The number of carbonyl (C=O) groups is 2.